The summed E-state index contributed by atoms with van der Waals surface area (Å²) in [5, 5.41) is 0. The number of carbonyl (C=O) groups is 1. The zero-order chi connectivity index (χ0) is 20.3. The van der Waals surface area contributed by atoms with Gasteiger partial charge >= 0.3 is 0 Å². The van der Waals surface area contributed by atoms with Crippen molar-refractivity contribution in [2.45, 2.75) is 6.42 Å². The first-order chi connectivity index (χ1) is 13.5. The molecule has 0 bridgehead atoms. The molecule has 2 aromatic rings. The second-order valence-electron chi connectivity index (χ2n) is 6.23. The predicted molar refractivity (Wildman–Crippen MR) is 101 cm³/mol. The zero-order valence-corrected chi connectivity index (χ0v) is 15.9. The highest BCUT2D eigenvalue weighted by Crippen LogP contribution is 2.41. The molecule has 0 spiro atoms. The Morgan fingerprint density at radius 2 is 1.61 bits per heavy atom. The van der Waals surface area contributed by atoms with Crippen LogP contribution in [0.2, 0.25) is 0 Å². The molecule has 0 fully saturated rings. The lowest BCUT2D eigenvalue weighted by molar-refractivity contribution is 0.0763. The molecule has 0 radical (unpaired) electrons. The van der Waals surface area contributed by atoms with Gasteiger partial charge in [-0.15, -0.1) is 0 Å². The molecule has 2 aromatic carbocycles. The van der Waals surface area contributed by atoms with Crippen LogP contribution in [0.3, 0.4) is 0 Å². The van der Waals surface area contributed by atoms with Crippen LogP contribution in [0.15, 0.2) is 36.4 Å². The van der Waals surface area contributed by atoms with E-state index in [0.29, 0.717) is 30.2 Å². The van der Waals surface area contributed by atoms with E-state index in [1.54, 1.807) is 33.5 Å². The van der Waals surface area contributed by atoms with Gasteiger partial charge in [0, 0.05) is 25.2 Å². The highest BCUT2D eigenvalue weighted by Gasteiger charge is 2.26. The molecule has 148 valence electrons. The maximum atomic E-state index is 13.9. The number of carbonyl (C=O) groups excluding carboxylic acids is 1. The average Bonchev–Trinajstić information content (AvgIpc) is 2.72. The van der Waals surface area contributed by atoms with Crippen molar-refractivity contribution in [2.24, 2.45) is 0 Å². The summed E-state index contributed by atoms with van der Waals surface area (Å²) < 4.78 is 44.1. The first-order valence-corrected chi connectivity index (χ1v) is 8.72. The van der Waals surface area contributed by atoms with Crippen molar-refractivity contribution in [3.05, 3.63) is 59.2 Å². The van der Waals surface area contributed by atoms with E-state index in [1.807, 2.05) is 6.08 Å². The molecule has 0 atom stereocenters. The van der Waals surface area contributed by atoms with E-state index in [2.05, 4.69) is 0 Å². The lowest BCUT2D eigenvalue weighted by atomic mass is 9.96. The lowest BCUT2D eigenvalue weighted by Gasteiger charge is -2.28. The Balaban J connectivity index is 1.89. The Morgan fingerprint density at radius 3 is 2.07 bits per heavy atom. The molecular weight excluding hydrogens is 368 g/mol. The van der Waals surface area contributed by atoms with Crippen LogP contribution >= 0.6 is 0 Å². The number of nitrogens with zero attached hydrogens (tertiary/aromatic N) is 1. The van der Waals surface area contributed by atoms with E-state index in [0.717, 1.165) is 23.3 Å². The van der Waals surface area contributed by atoms with Gasteiger partial charge in [-0.25, -0.2) is 8.78 Å². The van der Waals surface area contributed by atoms with Gasteiger partial charge in [0.05, 0.1) is 26.9 Å². The van der Waals surface area contributed by atoms with Gasteiger partial charge in [-0.3, -0.25) is 4.79 Å². The number of benzene rings is 2. The number of halogens is 2. The second kappa shape index (κ2) is 8.29. The van der Waals surface area contributed by atoms with Crippen LogP contribution in [0.25, 0.3) is 5.57 Å². The fourth-order valence-electron chi connectivity index (χ4n) is 3.26. The van der Waals surface area contributed by atoms with Gasteiger partial charge < -0.3 is 19.1 Å². The van der Waals surface area contributed by atoms with Crippen LogP contribution in [-0.4, -0.2) is 45.2 Å². The molecule has 7 heteroatoms. The minimum atomic E-state index is -0.863. The quantitative estimate of drug-likeness (QED) is 0.778. The minimum Gasteiger partial charge on any atom is -0.496 e. The van der Waals surface area contributed by atoms with Crippen molar-refractivity contribution in [3.63, 3.8) is 0 Å². The number of methoxy groups -OCH3 is 3. The van der Waals surface area contributed by atoms with Crippen LogP contribution in [0.5, 0.6) is 17.2 Å². The van der Waals surface area contributed by atoms with Crippen LogP contribution in [-0.2, 0) is 0 Å². The highest BCUT2D eigenvalue weighted by molar-refractivity contribution is 5.95. The zero-order valence-electron chi connectivity index (χ0n) is 15.9. The summed E-state index contributed by atoms with van der Waals surface area (Å²) in [6, 6.07) is 6.90. The summed E-state index contributed by atoms with van der Waals surface area (Å²) >= 11 is 0. The molecule has 1 aliphatic heterocycles. The van der Waals surface area contributed by atoms with E-state index in [1.165, 1.54) is 11.0 Å². The number of hydrogen-bond acceptors (Lipinski definition) is 4. The number of rotatable bonds is 5. The largest absolute Gasteiger partial charge is 0.496 e. The van der Waals surface area contributed by atoms with Crippen LogP contribution < -0.4 is 14.2 Å². The van der Waals surface area contributed by atoms with Crippen molar-refractivity contribution < 1.29 is 27.8 Å². The summed E-state index contributed by atoms with van der Waals surface area (Å²) in [6.07, 6.45) is 2.33. The standard InChI is InChI=1S/C21H21F2NO4/c1-26-14-11-17(27-2)19(18(12-14)28-3)13-7-9-24(10-8-13)21(25)20-15(22)5-4-6-16(20)23/h4-7,11-12H,8-10H2,1-3H3. The molecule has 1 heterocycles. The van der Waals surface area contributed by atoms with Gasteiger partial charge in [0.1, 0.15) is 34.4 Å². The summed E-state index contributed by atoms with van der Waals surface area (Å²) in [5.41, 5.74) is 1.17. The third kappa shape index (κ3) is 3.65. The van der Waals surface area contributed by atoms with E-state index in [4.69, 9.17) is 14.2 Å². The molecule has 1 amide bonds. The van der Waals surface area contributed by atoms with E-state index < -0.39 is 23.1 Å². The minimum absolute atomic E-state index is 0.222. The summed E-state index contributed by atoms with van der Waals surface area (Å²) in [6.45, 7) is 0.539. The molecule has 0 unspecified atom stereocenters. The van der Waals surface area contributed by atoms with E-state index >= 15 is 0 Å². The first-order valence-electron chi connectivity index (χ1n) is 8.72. The molecule has 0 saturated carbocycles. The topological polar surface area (TPSA) is 48.0 Å². The Morgan fingerprint density at radius 1 is 1.00 bits per heavy atom. The molecule has 5 nitrogen and oxygen atoms in total. The highest BCUT2D eigenvalue weighted by atomic mass is 19.1. The fourth-order valence-corrected chi connectivity index (χ4v) is 3.26. The normalized spacial score (nSPS) is 13.8. The van der Waals surface area contributed by atoms with Crippen LogP contribution in [0.1, 0.15) is 22.3 Å². The van der Waals surface area contributed by atoms with Gasteiger partial charge in [-0.05, 0) is 24.1 Å². The summed E-state index contributed by atoms with van der Waals surface area (Å²) in [4.78, 5) is 14.0. The Kier molecular flexibility index (Phi) is 5.82. The van der Waals surface area contributed by atoms with Gasteiger partial charge in [0.2, 0.25) is 0 Å². The molecule has 0 saturated heterocycles. The Labute approximate surface area is 162 Å². The van der Waals surface area contributed by atoms with Gasteiger partial charge in [0.15, 0.2) is 0 Å². The fraction of sp³-hybridized carbons (Fsp3) is 0.286. The van der Waals surface area contributed by atoms with Crippen LogP contribution in [0, 0.1) is 11.6 Å². The monoisotopic (exact) mass is 389 g/mol. The lowest BCUT2D eigenvalue weighted by Crippen LogP contribution is -2.35. The van der Waals surface area contributed by atoms with Gasteiger partial charge in [0.25, 0.3) is 5.91 Å². The van der Waals surface area contributed by atoms with E-state index in [9.17, 15) is 13.6 Å². The molecule has 1 aliphatic rings. The van der Waals surface area contributed by atoms with Crippen molar-refractivity contribution in [1.82, 2.24) is 4.90 Å². The maximum Gasteiger partial charge on any atom is 0.260 e. The molecule has 0 aliphatic carbocycles. The molecular formula is C21H21F2NO4. The molecule has 0 aromatic heterocycles. The van der Waals surface area contributed by atoms with Gasteiger partial charge in [-0.2, -0.15) is 0 Å². The molecule has 0 N–H and O–H groups in total. The SMILES string of the molecule is COc1cc(OC)c(C2=CCN(C(=O)c3c(F)cccc3F)CC2)c(OC)c1. The average molecular weight is 389 g/mol. The van der Waals surface area contributed by atoms with Crippen molar-refractivity contribution in [3.8, 4) is 17.2 Å². The third-order valence-corrected chi connectivity index (χ3v) is 4.71. The van der Waals surface area contributed by atoms with Crippen molar-refractivity contribution in [2.75, 3.05) is 34.4 Å². The summed E-state index contributed by atoms with van der Waals surface area (Å²) in [7, 11) is 4.66. The van der Waals surface area contributed by atoms with E-state index in [-0.39, 0.29) is 6.54 Å². The van der Waals surface area contributed by atoms with Crippen molar-refractivity contribution in [1.29, 1.82) is 0 Å². The third-order valence-electron chi connectivity index (χ3n) is 4.71. The first kappa shape index (κ1) is 19.7. The molecule has 28 heavy (non-hydrogen) atoms. The smallest absolute Gasteiger partial charge is 0.260 e. The maximum absolute atomic E-state index is 13.9. The number of hydrogen-bond donors (Lipinski definition) is 0. The second-order valence-corrected chi connectivity index (χ2v) is 6.23. The summed E-state index contributed by atoms with van der Waals surface area (Å²) in [5.74, 6) is -0.624. The van der Waals surface area contributed by atoms with Crippen molar-refractivity contribution >= 4 is 11.5 Å². The Bertz CT molecular complexity index is 881. The number of amides is 1. The molecule has 3 rings (SSSR count). The Hall–Kier alpha value is -3.09. The van der Waals surface area contributed by atoms with Gasteiger partial charge in [-0.1, -0.05) is 12.1 Å². The van der Waals surface area contributed by atoms with Crippen LogP contribution in [0.4, 0.5) is 8.78 Å². The number of ether oxygens (including phenoxy) is 3. The predicted octanol–water partition coefficient (Wildman–Crippen LogP) is 3.92.